The Hall–Kier alpha value is -0.0151. The van der Waals surface area contributed by atoms with Crippen LogP contribution in [0.1, 0.15) is 27.2 Å². The Balaban J connectivity index is 2.04. The Labute approximate surface area is 87.4 Å². The number of rotatable bonds is 1. The van der Waals surface area contributed by atoms with E-state index < -0.39 is 6.29 Å². The molecule has 1 saturated heterocycles. The van der Waals surface area contributed by atoms with Crippen LogP contribution in [0.4, 0.5) is 0 Å². The monoisotopic (exact) mass is 196 g/mol. The summed E-state index contributed by atoms with van der Waals surface area (Å²) in [6, 6.07) is 0. The summed E-state index contributed by atoms with van der Waals surface area (Å²) in [7, 11) is 2.35. The molecule has 2 fully saturated rings. The van der Waals surface area contributed by atoms with E-state index in [1.54, 1.807) is 0 Å². The second-order valence-electron chi connectivity index (χ2n) is 5.45. The lowest BCUT2D eigenvalue weighted by molar-refractivity contribution is 0.112. The van der Waals surface area contributed by atoms with Gasteiger partial charge in [0.25, 0.3) is 0 Å². The first-order valence-corrected chi connectivity index (χ1v) is 5.86. The van der Waals surface area contributed by atoms with E-state index in [1.165, 1.54) is 6.42 Å². The molecule has 14 heavy (non-hydrogen) atoms. The van der Waals surface area contributed by atoms with Gasteiger partial charge in [-0.15, -0.1) is 0 Å². The van der Waals surface area contributed by atoms with Gasteiger partial charge in [-0.1, -0.05) is 26.6 Å². The predicted molar refractivity (Wildman–Crippen MR) is 58.8 cm³/mol. The van der Waals surface area contributed by atoms with Crippen molar-refractivity contribution in [2.75, 3.05) is 0 Å². The minimum Gasteiger partial charge on any atom is -0.366 e. The van der Waals surface area contributed by atoms with Crippen LogP contribution in [-0.4, -0.2) is 25.3 Å². The highest BCUT2D eigenvalue weighted by Gasteiger charge is 2.49. The van der Waals surface area contributed by atoms with Crippen LogP contribution in [0.3, 0.4) is 0 Å². The molecule has 0 aromatic heterocycles. The first kappa shape index (κ1) is 10.5. The highest BCUT2D eigenvalue weighted by molar-refractivity contribution is 6.12. The molecule has 0 radical (unpaired) electrons. The molecule has 7 atom stereocenters. The molecule has 1 heterocycles. The first-order chi connectivity index (χ1) is 6.52. The zero-order valence-electron chi connectivity index (χ0n) is 9.60. The van der Waals surface area contributed by atoms with Gasteiger partial charge in [-0.25, -0.2) is 0 Å². The smallest absolute Gasteiger partial charge is 0.182 e. The Kier molecular flexibility index (Phi) is 2.65. The second kappa shape index (κ2) is 3.53. The molecular formula is C11H21BO2. The Morgan fingerprint density at radius 3 is 2.29 bits per heavy atom. The van der Waals surface area contributed by atoms with E-state index in [0.29, 0.717) is 11.8 Å². The van der Waals surface area contributed by atoms with Crippen LogP contribution >= 0.6 is 0 Å². The van der Waals surface area contributed by atoms with E-state index in [1.807, 2.05) is 0 Å². The molecule has 0 spiro atoms. The van der Waals surface area contributed by atoms with E-state index >= 15 is 0 Å². The van der Waals surface area contributed by atoms with E-state index in [-0.39, 0.29) is 6.10 Å². The Morgan fingerprint density at radius 1 is 1.21 bits per heavy atom. The summed E-state index contributed by atoms with van der Waals surface area (Å²) < 4.78 is 5.21. The van der Waals surface area contributed by atoms with E-state index in [4.69, 9.17) is 4.74 Å². The predicted octanol–water partition coefficient (Wildman–Crippen LogP) is 1.05. The lowest BCUT2D eigenvalue weighted by atomic mass is 9.56. The van der Waals surface area contributed by atoms with Gasteiger partial charge < -0.3 is 9.84 Å². The van der Waals surface area contributed by atoms with Gasteiger partial charge in [-0.2, -0.15) is 0 Å². The third kappa shape index (κ3) is 1.61. The first-order valence-electron chi connectivity index (χ1n) is 5.86. The average molecular weight is 196 g/mol. The largest absolute Gasteiger partial charge is 0.366 e. The molecule has 2 rings (SSSR count). The number of aliphatic hydroxyl groups excluding tert-OH is 1. The summed E-state index contributed by atoms with van der Waals surface area (Å²) in [4.78, 5) is 0. The molecule has 1 aliphatic heterocycles. The van der Waals surface area contributed by atoms with Crippen LogP contribution in [0.2, 0.25) is 5.82 Å². The van der Waals surface area contributed by atoms with Gasteiger partial charge >= 0.3 is 0 Å². The molecule has 80 valence electrons. The van der Waals surface area contributed by atoms with Gasteiger partial charge in [0.15, 0.2) is 6.29 Å². The Bertz CT molecular complexity index is 221. The van der Waals surface area contributed by atoms with Crippen molar-refractivity contribution in [2.24, 2.45) is 23.7 Å². The summed E-state index contributed by atoms with van der Waals surface area (Å²) in [6.45, 7) is 6.98. The molecular weight excluding hydrogens is 175 g/mol. The molecule has 2 nitrogen and oxygen atoms in total. The molecule has 0 bridgehead atoms. The van der Waals surface area contributed by atoms with Crippen LogP contribution in [-0.2, 0) is 4.74 Å². The summed E-state index contributed by atoms with van der Waals surface area (Å²) in [5.74, 6) is 3.58. The van der Waals surface area contributed by atoms with Gasteiger partial charge in [0.2, 0.25) is 0 Å². The quantitative estimate of drug-likeness (QED) is 0.502. The maximum absolute atomic E-state index is 9.31. The summed E-state index contributed by atoms with van der Waals surface area (Å²) in [6.07, 6.45) is 0.895. The maximum atomic E-state index is 9.31. The lowest BCUT2D eigenvalue weighted by Gasteiger charge is -2.42. The van der Waals surface area contributed by atoms with Crippen LogP contribution in [0.15, 0.2) is 0 Å². The SMILES string of the molecule is BC1C(C)CC(C2OC2O)C(C)C1C. The number of epoxide rings is 1. The van der Waals surface area contributed by atoms with Crippen LogP contribution in [0, 0.1) is 23.7 Å². The third-order valence-corrected chi connectivity index (χ3v) is 4.80. The van der Waals surface area contributed by atoms with Gasteiger partial charge in [0.05, 0.1) is 0 Å². The third-order valence-electron chi connectivity index (χ3n) is 4.80. The van der Waals surface area contributed by atoms with Crippen molar-refractivity contribution in [3.8, 4) is 0 Å². The molecule has 1 saturated carbocycles. The van der Waals surface area contributed by atoms with E-state index in [9.17, 15) is 5.11 Å². The number of ether oxygens (including phenoxy) is 1. The molecule has 2 aliphatic rings. The molecule has 3 heteroatoms. The zero-order valence-corrected chi connectivity index (χ0v) is 9.60. The average Bonchev–Trinajstić information content (AvgIpc) is 2.85. The fourth-order valence-corrected chi connectivity index (χ4v) is 3.11. The molecule has 1 aliphatic carbocycles. The van der Waals surface area contributed by atoms with Crippen molar-refractivity contribution < 1.29 is 9.84 Å². The van der Waals surface area contributed by atoms with E-state index in [2.05, 4.69) is 28.6 Å². The van der Waals surface area contributed by atoms with E-state index in [0.717, 1.165) is 17.7 Å². The van der Waals surface area contributed by atoms with Gasteiger partial charge in [0.1, 0.15) is 14.0 Å². The van der Waals surface area contributed by atoms with Crippen molar-refractivity contribution >= 4 is 7.85 Å². The van der Waals surface area contributed by atoms with Crippen LogP contribution < -0.4 is 0 Å². The van der Waals surface area contributed by atoms with Crippen molar-refractivity contribution in [3.05, 3.63) is 0 Å². The highest BCUT2D eigenvalue weighted by atomic mass is 16.7. The minimum atomic E-state index is -0.463. The topological polar surface area (TPSA) is 32.8 Å². The van der Waals surface area contributed by atoms with Crippen LogP contribution in [0.25, 0.3) is 0 Å². The van der Waals surface area contributed by atoms with Crippen molar-refractivity contribution in [3.63, 3.8) is 0 Å². The summed E-state index contributed by atoms with van der Waals surface area (Å²) >= 11 is 0. The second-order valence-corrected chi connectivity index (χ2v) is 5.45. The number of hydrogen-bond acceptors (Lipinski definition) is 2. The maximum Gasteiger partial charge on any atom is 0.182 e. The molecule has 0 aromatic rings. The molecule has 7 unspecified atom stereocenters. The van der Waals surface area contributed by atoms with Gasteiger partial charge in [-0.3, -0.25) is 0 Å². The number of aliphatic hydroxyl groups is 1. The zero-order chi connectivity index (χ0) is 10.5. The standard InChI is InChI=1S/C11H21BO2/c1-5-4-8(10-11(13)14-10)6(2)7(3)9(5)12/h5-11,13H,4,12H2,1-3H3. The van der Waals surface area contributed by atoms with Crippen LogP contribution in [0.5, 0.6) is 0 Å². The van der Waals surface area contributed by atoms with Crippen molar-refractivity contribution in [2.45, 2.75) is 45.4 Å². The van der Waals surface area contributed by atoms with Gasteiger partial charge in [-0.05, 0) is 30.1 Å². The Morgan fingerprint density at radius 2 is 1.79 bits per heavy atom. The number of hydrogen-bond donors (Lipinski definition) is 1. The lowest BCUT2D eigenvalue weighted by Crippen LogP contribution is -2.36. The summed E-state index contributed by atoms with van der Waals surface area (Å²) in [5.41, 5.74) is 0. The molecule has 1 N–H and O–H groups in total. The molecule has 0 aromatic carbocycles. The fraction of sp³-hybridized carbons (Fsp3) is 1.00. The normalized spacial score (nSPS) is 58.4. The van der Waals surface area contributed by atoms with Crippen molar-refractivity contribution in [1.29, 1.82) is 0 Å². The minimum absolute atomic E-state index is 0.141. The summed E-state index contributed by atoms with van der Waals surface area (Å²) in [5, 5.41) is 9.31. The molecule has 0 amide bonds. The van der Waals surface area contributed by atoms with Crippen molar-refractivity contribution in [1.82, 2.24) is 0 Å². The highest BCUT2D eigenvalue weighted by Crippen LogP contribution is 2.48. The fourth-order valence-electron chi connectivity index (χ4n) is 3.11. The van der Waals surface area contributed by atoms with Gasteiger partial charge in [0, 0.05) is 0 Å².